The molecular weight excluding hydrogens is 416 g/mol. The fourth-order valence-corrected chi connectivity index (χ4v) is 4.16. The van der Waals surface area contributed by atoms with E-state index in [0.717, 1.165) is 18.7 Å². The van der Waals surface area contributed by atoms with E-state index in [2.05, 4.69) is 27.5 Å². The molecule has 0 amide bonds. The Hall–Kier alpha value is -1.51. The highest BCUT2D eigenvalue weighted by molar-refractivity contribution is 5.35. The summed E-state index contributed by atoms with van der Waals surface area (Å²) < 4.78 is 10.9. The van der Waals surface area contributed by atoms with Crippen LogP contribution in [0, 0.1) is 0 Å². The average molecular weight is 465 g/mol. The molecule has 1 saturated carbocycles. The topological polar surface area (TPSA) is 107 Å². The third-order valence-electron chi connectivity index (χ3n) is 6.04. The van der Waals surface area contributed by atoms with Gasteiger partial charge in [-0.1, -0.05) is 71.1 Å². The first-order valence-corrected chi connectivity index (χ1v) is 13.4. The summed E-state index contributed by atoms with van der Waals surface area (Å²) in [5.74, 6) is 2.24. The SMILES string of the molecule is CCCCCCCCCCc1nc(NCCOCCOCCN)nc(NC2CCCCC2)n1. The number of hydrogen-bond acceptors (Lipinski definition) is 8. The zero-order chi connectivity index (χ0) is 23.4. The molecule has 190 valence electrons. The van der Waals surface area contributed by atoms with Gasteiger partial charge in [0.05, 0.1) is 26.4 Å². The summed E-state index contributed by atoms with van der Waals surface area (Å²) in [6.07, 6.45) is 17.6. The van der Waals surface area contributed by atoms with E-state index in [1.807, 2.05) is 0 Å². The summed E-state index contributed by atoms with van der Waals surface area (Å²) in [5.41, 5.74) is 5.41. The monoisotopic (exact) mass is 464 g/mol. The van der Waals surface area contributed by atoms with Crippen molar-refractivity contribution in [2.24, 2.45) is 5.73 Å². The highest BCUT2D eigenvalue weighted by Crippen LogP contribution is 2.21. The normalized spacial score (nSPS) is 14.5. The van der Waals surface area contributed by atoms with E-state index in [1.165, 1.54) is 77.0 Å². The molecule has 1 aromatic rings. The fraction of sp³-hybridized carbons (Fsp3) is 0.880. The van der Waals surface area contributed by atoms with E-state index in [9.17, 15) is 0 Å². The number of nitrogens with zero attached hydrogens (tertiary/aromatic N) is 3. The van der Waals surface area contributed by atoms with Gasteiger partial charge in [0, 0.05) is 25.6 Å². The van der Waals surface area contributed by atoms with Crippen molar-refractivity contribution in [2.45, 2.75) is 103 Å². The van der Waals surface area contributed by atoms with Crippen LogP contribution in [0.4, 0.5) is 11.9 Å². The first-order valence-electron chi connectivity index (χ1n) is 13.4. The van der Waals surface area contributed by atoms with E-state index >= 15 is 0 Å². The van der Waals surface area contributed by atoms with Crippen molar-refractivity contribution < 1.29 is 9.47 Å². The van der Waals surface area contributed by atoms with Crippen molar-refractivity contribution in [1.82, 2.24) is 15.0 Å². The molecular formula is C25H48N6O2. The second-order valence-electron chi connectivity index (χ2n) is 9.04. The molecule has 0 aromatic carbocycles. The van der Waals surface area contributed by atoms with Crippen LogP contribution in [0.3, 0.4) is 0 Å². The van der Waals surface area contributed by atoms with Crippen molar-refractivity contribution in [2.75, 3.05) is 50.2 Å². The molecule has 0 unspecified atom stereocenters. The molecule has 0 spiro atoms. The minimum absolute atomic E-state index is 0.474. The number of ether oxygens (including phenoxy) is 2. The molecule has 8 nitrogen and oxygen atoms in total. The Bertz CT molecular complexity index is 560. The molecule has 0 radical (unpaired) electrons. The lowest BCUT2D eigenvalue weighted by atomic mass is 9.96. The summed E-state index contributed by atoms with van der Waals surface area (Å²) in [5, 5.41) is 6.87. The number of hydrogen-bond donors (Lipinski definition) is 3. The molecule has 8 heteroatoms. The van der Waals surface area contributed by atoms with Crippen molar-refractivity contribution >= 4 is 11.9 Å². The van der Waals surface area contributed by atoms with Crippen LogP contribution in [0.2, 0.25) is 0 Å². The van der Waals surface area contributed by atoms with Crippen LogP contribution in [0.1, 0.15) is 96.2 Å². The summed E-state index contributed by atoms with van der Waals surface area (Å²) in [4.78, 5) is 14.0. The van der Waals surface area contributed by atoms with Crippen molar-refractivity contribution in [3.05, 3.63) is 5.82 Å². The maximum Gasteiger partial charge on any atom is 0.227 e. The van der Waals surface area contributed by atoms with Crippen LogP contribution in [0.5, 0.6) is 0 Å². The minimum Gasteiger partial charge on any atom is -0.378 e. The largest absolute Gasteiger partial charge is 0.378 e. The lowest BCUT2D eigenvalue weighted by Crippen LogP contribution is -2.24. The zero-order valence-corrected chi connectivity index (χ0v) is 21.0. The number of anilines is 2. The molecule has 0 atom stereocenters. The Morgan fingerprint density at radius 1 is 0.788 bits per heavy atom. The number of aromatic nitrogens is 3. The second-order valence-corrected chi connectivity index (χ2v) is 9.04. The molecule has 0 aliphatic heterocycles. The summed E-state index contributed by atoms with van der Waals surface area (Å²) in [6.45, 7) is 5.75. The van der Waals surface area contributed by atoms with E-state index in [0.29, 0.717) is 57.5 Å². The molecule has 1 aliphatic rings. The summed E-state index contributed by atoms with van der Waals surface area (Å²) in [7, 11) is 0. The standard InChI is InChI=1S/C25H48N6O2/c1-2-3-4-5-6-7-8-12-15-23-29-24(27-17-19-33-21-20-32-18-16-26)31-25(30-23)28-22-13-10-9-11-14-22/h22H,2-21,26H2,1H3,(H2,27,28,29,30,31). The number of nitrogens with one attached hydrogen (secondary N) is 2. The average Bonchev–Trinajstić information content (AvgIpc) is 2.83. The lowest BCUT2D eigenvalue weighted by Gasteiger charge is -2.23. The molecule has 4 N–H and O–H groups in total. The molecule has 33 heavy (non-hydrogen) atoms. The van der Waals surface area contributed by atoms with Crippen LogP contribution in [-0.4, -0.2) is 60.5 Å². The number of nitrogens with two attached hydrogens (primary N) is 1. The first-order chi connectivity index (χ1) is 16.3. The van der Waals surface area contributed by atoms with E-state index in [4.69, 9.17) is 20.2 Å². The maximum absolute atomic E-state index is 5.60. The predicted molar refractivity (Wildman–Crippen MR) is 136 cm³/mol. The Morgan fingerprint density at radius 3 is 2.18 bits per heavy atom. The van der Waals surface area contributed by atoms with Gasteiger partial charge in [0.1, 0.15) is 5.82 Å². The summed E-state index contributed by atoms with van der Waals surface area (Å²) in [6, 6.07) is 0.474. The molecule has 2 rings (SSSR count). The van der Waals surface area contributed by atoms with Crippen molar-refractivity contribution in [1.29, 1.82) is 0 Å². The van der Waals surface area contributed by atoms with Gasteiger partial charge in [-0.15, -0.1) is 0 Å². The Labute approximate surface area is 201 Å². The van der Waals surface area contributed by atoms with Gasteiger partial charge in [0.25, 0.3) is 0 Å². The van der Waals surface area contributed by atoms with Crippen molar-refractivity contribution in [3.8, 4) is 0 Å². The van der Waals surface area contributed by atoms with E-state index in [-0.39, 0.29) is 0 Å². The van der Waals surface area contributed by atoms with E-state index < -0.39 is 0 Å². The molecule has 0 bridgehead atoms. The third kappa shape index (κ3) is 13.7. The fourth-order valence-electron chi connectivity index (χ4n) is 4.16. The Kier molecular flexibility index (Phi) is 15.9. The highest BCUT2D eigenvalue weighted by atomic mass is 16.5. The maximum atomic E-state index is 5.60. The van der Waals surface area contributed by atoms with Gasteiger partial charge in [0.15, 0.2) is 0 Å². The van der Waals surface area contributed by atoms with Crippen LogP contribution >= 0.6 is 0 Å². The molecule has 1 heterocycles. The van der Waals surface area contributed by atoms with Crippen LogP contribution < -0.4 is 16.4 Å². The van der Waals surface area contributed by atoms with Crippen LogP contribution in [-0.2, 0) is 15.9 Å². The molecule has 1 fully saturated rings. The van der Waals surface area contributed by atoms with Gasteiger partial charge < -0.3 is 25.8 Å². The van der Waals surface area contributed by atoms with Crippen LogP contribution in [0.15, 0.2) is 0 Å². The Morgan fingerprint density at radius 2 is 1.45 bits per heavy atom. The van der Waals surface area contributed by atoms with Gasteiger partial charge in [-0.2, -0.15) is 15.0 Å². The minimum atomic E-state index is 0.474. The first kappa shape index (κ1) is 27.7. The van der Waals surface area contributed by atoms with Gasteiger partial charge in [0.2, 0.25) is 11.9 Å². The Balaban J connectivity index is 1.77. The number of unbranched alkanes of at least 4 members (excludes halogenated alkanes) is 7. The lowest BCUT2D eigenvalue weighted by molar-refractivity contribution is 0.0547. The van der Waals surface area contributed by atoms with Crippen LogP contribution in [0.25, 0.3) is 0 Å². The number of aryl methyl sites for hydroxylation is 1. The predicted octanol–water partition coefficient (Wildman–Crippen LogP) is 4.70. The van der Waals surface area contributed by atoms with Gasteiger partial charge in [-0.3, -0.25) is 0 Å². The molecule has 1 aromatic heterocycles. The van der Waals surface area contributed by atoms with E-state index in [1.54, 1.807) is 0 Å². The van der Waals surface area contributed by atoms with Crippen molar-refractivity contribution in [3.63, 3.8) is 0 Å². The smallest absolute Gasteiger partial charge is 0.227 e. The highest BCUT2D eigenvalue weighted by Gasteiger charge is 2.15. The third-order valence-corrected chi connectivity index (χ3v) is 6.04. The molecule has 1 aliphatic carbocycles. The van der Waals surface area contributed by atoms with Gasteiger partial charge >= 0.3 is 0 Å². The quantitative estimate of drug-likeness (QED) is 0.238. The second kappa shape index (κ2) is 18.9. The zero-order valence-electron chi connectivity index (χ0n) is 21.0. The summed E-state index contributed by atoms with van der Waals surface area (Å²) >= 11 is 0. The van der Waals surface area contributed by atoms with Gasteiger partial charge in [-0.05, 0) is 19.3 Å². The molecule has 0 saturated heterocycles. The van der Waals surface area contributed by atoms with Gasteiger partial charge in [-0.25, -0.2) is 0 Å². The number of rotatable bonds is 20.